The lowest BCUT2D eigenvalue weighted by molar-refractivity contribution is -0.114. The zero-order valence-electron chi connectivity index (χ0n) is 11.6. The van der Waals surface area contributed by atoms with Gasteiger partial charge in [-0.05, 0) is 48.6 Å². The molecule has 2 aliphatic heterocycles. The number of ketones is 1. The topological polar surface area (TPSA) is 44.1 Å². The summed E-state index contributed by atoms with van der Waals surface area (Å²) in [6.07, 6.45) is 3.60. The van der Waals surface area contributed by atoms with E-state index in [0.717, 1.165) is 36.4 Å². The number of rotatable bonds is 1. The van der Waals surface area contributed by atoms with Gasteiger partial charge in [-0.2, -0.15) is 5.26 Å². The first-order chi connectivity index (χ1) is 10.3. The van der Waals surface area contributed by atoms with Crippen LogP contribution in [-0.2, 0) is 4.79 Å². The highest BCUT2D eigenvalue weighted by Crippen LogP contribution is 2.48. The van der Waals surface area contributed by atoms with E-state index in [0.29, 0.717) is 12.0 Å². The lowest BCUT2D eigenvalue weighted by Crippen LogP contribution is -2.27. The predicted octanol–water partition coefficient (Wildman–Crippen LogP) is 3.73. The lowest BCUT2D eigenvalue weighted by Gasteiger charge is -2.31. The van der Waals surface area contributed by atoms with Crippen LogP contribution in [0.3, 0.4) is 0 Å². The summed E-state index contributed by atoms with van der Waals surface area (Å²) >= 11 is 1.83. The average molecular weight is 294 g/mol. The van der Waals surface area contributed by atoms with Crippen molar-refractivity contribution in [3.63, 3.8) is 0 Å². The number of hydrogen-bond acceptors (Lipinski definition) is 4. The van der Waals surface area contributed by atoms with E-state index in [1.54, 1.807) is 6.07 Å². The number of nitrogens with zero attached hydrogens (tertiary/aromatic N) is 2. The second kappa shape index (κ2) is 4.78. The van der Waals surface area contributed by atoms with Crippen LogP contribution in [-0.4, -0.2) is 11.5 Å². The summed E-state index contributed by atoms with van der Waals surface area (Å²) in [6, 6.07) is 9.75. The van der Waals surface area contributed by atoms with Crippen molar-refractivity contribution < 1.29 is 4.79 Å². The van der Waals surface area contributed by atoms with E-state index in [2.05, 4.69) is 11.0 Å². The van der Waals surface area contributed by atoms with Gasteiger partial charge in [0.1, 0.15) is 0 Å². The number of anilines is 1. The minimum absolute atomic E-state index is 0.242. The molecular formula is C17H14N2OS. The second-order valence-electron chi connectivity index (χ2n) is 5.56. The standard InChI is InChI=1S/C17H14N2OS/c18-10-11-2-1-3-14(8-11)19-16-12(4-5-15(16)20)9-13-6-7-21-17(13)19/h1-3,8H,4-7,9H2. The van der Waals surface area contributed by atoms with Crippen LogP contribution in [0, 0.1) is 11.3 Å². The van der Waals surface area contributed by atoms with Gasteiger partial charge in [-0.3, -0.25) is 4.79 Å². The Balaban J connectivity index is 1.87. The van der Waals surface area contributed by atoms with Crippen LogP contribution in [0.2, 0.25) is 0 Å². The summed E-state index contributed by atoms with van der Waals surface area (Å²) in [5, 5.41) is 10.3. The predicted molar refractivity (Wildman–Crippen MR) is 83.6 cm³/mol. The molecule has 0 spiro atoms. The average Bonchev–Trinajstić information content (AvgIpc) is 3.12. The third-order valence-electron chi connectivity index (χ3n) is 4.28. The van der Waals surface area contributed by atoms with Crippen molar-refractivity contribution >= 4 is 23.2 Å². The van der Waals surface area contributed by atoms with Gasteiger partial charge in [0.2, 0.25) is 0 Å². The number of benzene rings is 1. The summed E-state index contributed by atoms with van der Waals surface area (Å²) < 4.78 is 0. The Morgan fingerprint density at radius 2 is 2.10 bits per heavy atom. The molecule has 0 bridgehead atoms. The van der Waals surface area contributed by atoms with E-state index in [1.165, 1.54) is 16.2 Å². The van der Waals surface area contributed by atoms with Crippen LogP contribution < -0.4 is 4.90 Å². The molecule has 1 aliphatic carbocycles. The lowest BCUT2D eigenvalue weighted by atomic mass is 9.98. The monoisotopic (exact) mass is 294 g/mol. The molecule has 3 nitrogen and oxygen atoms in total. The zero-order chi connectivity index (χ0) is 14.4. The van der Waals surface area contributed by atoms with E-state index < -0.39 is 0 Å². The molecule has 0 amide bonds. The Kier molecular flexibility index (Phi) is 2.90. The molecule has 4 heteroatoms. The Bertz CT molecular complexity index is 754. The molecule has 0 N–H and O–H groups in total. The minimum atomic E-state index is 0.242. The normalized spacial score (nSPS) is 20.7. The highest BCUT2D eigenvalue weighted by Gasteiger charge is 2.37. The second-order valence-corrected chi connectivity index (χ2v) is 6.64. The van der Waals surface area contributed by atoms with E-state index >= 15 is 0 Å². The van der Waals surface area contributed by atoms with Gasteiger partial charge in [0.05, 0.1) is 22.4 Å². The first kappa shape index (κ1) is 12.7. The Morgan fingerprint density at radius 1 is 1.19 bits per heavy atom. The molecule has 0 unspecified atom stereocenters. The molecule has 0 saturated heterocycles. The molecule has 1 aromatic rings. The van der Waals surface area contributed by atoms with Crippen molar-refractivity contribution in [1.29, 1.82) is 5.26 Å². The Hall–Kier alpha value is -1.99. The molecule has 2 heterocycles. The smallest absolute Gasteiger partial charge is 0.179 e. The number of carbonyl (C=O) groups is 1. The van der Waals surface area contributed by atoms with Gasteiger partial charge in [0, 0.05) is 17.9 Å². The van der Waals surface area contributed by atoms with Crippen molar-refractivity contribution in [3.05, 3.63) is 51.7 Å². The summed E-state index contributed by atoms with van der Waals surface area (Å²) in [4.78, 5) is 14.5. The molecule has 0 atom stereocenters. The van der Waals surface area contributed by atoms with Crippen LogP contribution in [0.25, 0.3) is 0 Å². The number of nitriles is 1. The van der Waals surface area contributed by atoms with Crippen molar-refractivity contribution in [2.75, 3.05) is 10.7 Å². The van der Waals surface area contributed by atoms with Crippen LogP contribution in [0.1, 0.15) is 31.2 Å². The number of hydrogen-bond donors (Lipinski definition) is 0. The number of carbonyl (C=O) groups excluding carboxylic acids is 1. The van der Waals surface area contributed by atoms with Crippen LogP contribution in [0.4, 0.5) is 5.69 Å². The molecule has 0 fully saturated rings. The van der Waals surface area contributed by atoms with Crippen molar-refractivity contribution in [2.45, 2.75) is 25.7 Å². The largest absolute Gasteiger partial charge is 0.301 e. The highest BCUT2D eigenvalue weighted by atomic mass is 32.2. The van der Waals surface area contributed by atoms with Gasteiger partial charge in [0.25, 0.3) is 0 Å². The van der Waals surface area contributed by atoms with E-state index in [9.17, 15) is 4.79 Å². The van der Waals surface area contributed by atoms with Gasteiger partial charge >= 0.3 is 0 Å². The van der Waals surface area contributed by atoms with Crippen molar-refractivity contribution in [1.82, 2.24) is 0 Å². The minimum Gasteiger partial charge on any atom is -0.301 e. The van der Waals surface area contributed by atoms with Gasteiger partial charge in [0.15, 0.2) is 5.78 Å². The van der Waals surface area contributed by atoms with Gasteiger partial charge in [-0.1, -0.05) is 6.07 Å². The highest BCUT2D eigenvalue weighted by molar-refractivity contribution is 8.03. The SMILES string of the molecule is N#Cc1cccc(N2C3=C(CCS3)CC3=C2C(=O)CC3)c1. The van der Waals surface area contributed by atoms with Crippen molar-refractivity contribution in [2.24, 2.45) is 0 Å². The van der Waals surface area contributed by atoms with E-state index in [-0.39, 0.29) is 5.78 Å². The van der Waals surface area contributed by atoms with Crippen LogP contribution >= 0.6 is 11.8 Å². The summed E-state index contributed by atoms with van der Waals surface area (Å²) in [5.74, 6) is 1.33. The fourth-order valence-electron chi connectivity index (χ4n) is 3.34. The maximum atomic E-state index is 12.3. The third-order valence-corrected chi connectivity index (χ3v) is 5.44. The van der Waals surface area contributed by atoms with Gasteiger partial charge < -0.3 is 4.90 Å². The fourth-order valence-corrected chi connectivity index (χ4v) is 4.59. The summed E-state index contributed by atoms with van der Waals surface area (Å²) in [7, 11) is 0. The molecule has 0 saturated carbocycles. The molecule has 1 aromatic carbocycles. The summed E-state index contributed by atoms with van der Waals surface area (Å²) in [5.41, 5.74) is 5.19. The Labute approximate surface area is 127 Å². The molecule has 0 radical (unpaired) electrons. The van der Waals surface area contributed by atoms with Crippen LogP contribution in [0.5, 0.6) is 0 Å². The first-order valence-corrected chi connectivity index (χ1v) is 8.17. The molecule has 3 aliphatic rings. The van der Waals surface area contributed by atoms with Crippen molar-refractivity contribution in [3.8, 4) is 6.07 Å². The number of thioether (sulfide) groups is 1. The fraction of sp³-hybridized carbons (Fsp3) is 0.294. The third kappa shape index (κ3) is 1.92. The zero-order valence-corrected chi connectivity index (χ0v) is 12.4. The molecule has 0 aromatic heterocycles. The van der Waals surface area contributed by atoms with E-state index in [1.807, 2.05) is 30.0 Å². The molecule has 4 rings (SSSR count). The summed E-state index contributed by atoms with van der Waals surface area (Å²) in [6.45, 7) is 0. The molecule has 104 valence electrons. The first-order valence-electron chi connectivity index (χ1n) is 7.18. The van der Waals surface area contributed by atoms with Gasteiger partial charge in [-0.25, -0.2) is 0 Å². The quantitative estimate of drug-likeness (QED) is 0.791. The van der Waals surface area contributed by atoms with E-state index in [4.69, 9.17) is 5.26 Å². The number of Topliss-reactive ketones (excluding diaryl/α,β-unsaturated/α-hetero) is 1. The number of allylic oxidation sites excluding steroid dienone is 3. The maximum Gasteiger partial charge on any atom is 0.179 e. The van der Waals surface area contributed by atoms with Crippen LogP contribution in [0.15, 0.2) is 46.1 Å². The molecular weight excluding hydrogens is 280 g/mol. The Morgan fingerprint density at radius 3 is 2.95 bits per heavy atom. The maximum absolute atomic E-state index is 12.3. The van der Waals surface area contributed by atoms with Gasteiger partial charge in [-0.15, -0.1) is 11.8 Å². The molecule has 21 heavy (non-hydrogen) atoms.